The highest BCUT2D eigenvalue weighted by Gasteiger charge is 2.24. The molecule has 51 heavy (non-hydrogen) atoms. The normalized spacial score (nSPS) is 11.9. The topological polar surface area (TPSA) is 51.8 Å². The predicted molar refractivity (Wildman–Crippen MR) is 208 cm³/mol. The van der Waals surface area contributed by atoms with E-state index in [0.29, 0.717) is 17.5 Å². The van der Waals surface area contributed by atoms with Gasteiger partial charge in [0.1, 0.15) is 11.2 Å². The van der Waals surface area contributed by atoms with Crippen LogP contribution in [0.1, 0.15) is 0 Å². The van der Waals surface area contributed by atoms with E-state index in [9.17, 15) is 0 Å². The fourth-order valence-electron chi connectivity index (χ4n) is 7.90. The van der Waals surface area contributed by atoms with Crippen molar-refractivity contribution in [2.45, 2.75) is 0 Å². The summed E-state index contributed by atoms with van der Waals surface area (Å²) in [7, 11) is 0. The summed E-state index contributed by atoms with van der Waals surface area (Å²) in [4.78, 5) is 15.6. The zero-order chi connectivity index (χ0) is 33.5. The summed E-state index contributed by atoms with van der Waals surface area (Å²) in [6.07, 6.45) is 0. The second-order valence-electron chi connectivity index (χ2n) is 13.2. The van der Waals surface area contributed by atoms with E-state index < -0.39 is 0 Å². The van der Waals surface area contributed by atoms with Crippen LogP contribution in [0.3, 0.4) is 0 Å². The first-order valence-electron chi connectivity index (χ1n) is 17.2. The highest BCUT2D eigenvalue weighted by molar-refractivity contribution is 6.18. The van der Waals surface area contributed by atoms with Gasteiger partial charge in [-0.2, -0.15) is 0 Å². The zero-order valence-corrected chi connectivity index (χ0v) is 27.3. The third-order valence-corrected chi connectivity index (χ3v) is 10.3. The van der Waals surface area contributed by atoms with Gasteiger partial charge in [0, 0.05) is 27.5 Å². The summed E-state index contributed by atoms with van der Waals surface area (Å²) in [5.41, 5.74) is 11.7. The molecule has 2 heterocycles. The van der Waals surface area contributed by atoms with Gasteiger partial charge in [-0.1, -0.05) is 133 Å². The summed E-state index contributed by atoms with van der Waals surface area (Å²) in [6.45, 7) is 0. The first-order chi connectivity index (χ1) is 25.3. The van der Waals surface area contributed by atoms with Crippen LogP contribution in [0.2, 0.25) is 0 Å². The minimum atomic E-state index is 0.606. The van der Waals surface area contributed by atoms with Gasteiger partial charge in [0.15, 0.2) is 17.5 Å². The molecule has 236 valence electrons. The monoisotopic (exact) mass is 649 g/mol. The van der Waals surface area contributed by atoms with Crippen molar-refractivity contribution in [3.63, 3.8) is 0 Å². The molecule has 0 unspecified atom stereocenters. The van der Waals surface area contributed by atoms with Crippen LogP contribution in [0.5, 0.6) is 0 Å². The van der Waals surface area contributed by atoms with Crippen LogP contribution in [0.4, 0.5) is 0 Å². The molecular weight excluding hydrogens is 623 g/mol. The Morgan fingerprint density at radius 3 is 1.80 bits per heavy atom. The lowest BCUT2D eigenvalue weighted by Crippen LogP contribution is -2.01. The fourth-order valence-corrected chi connectivity index (χ4v) is 7.90. The fraction of sp³-hybridized carbons (Fsp3) is 0. The first kappa shape index (κ1) is 28.0. The van der Waals surface area contributed by atoms with Crippen LogP contribution in [0.15, 0.2) is 168 Å². The lowest BCUT2D eigenvalue weighted by atomic mass is 9.97. The van der Waals surface area contributed by atoms with Crippen LogP contribution in [-0.2, 0) is 0 Å². The maximum atomic E-state index is 6.46. The lowest BCUT2D eigenvalue weighted by Gasteiger charge is -2.12. The third kappa shape index (κ3) is 4.30. The van der Waals surface area contributed by atoms with Gasteiger partial charge in [0.05, 0.1) is 0 Å². The molecule has 0 aliphatic heterocycles. The molecule has 4 heteroatoms. The molecule has 8 aromatic carbocycles. The average molecular weight is 650 g/mol. The molecule has 0 N–H and O–H groups in total. The van der Waals surface area contributed by atoms with Gasteiger partial charge in [-0.05, 0) is 85.3 Å². The summed E-state index contributed by atoms with van der Waals surface area (Å²) in [5.74, 6) is 1.87. The molecule has 0 bridgehead atoms. The van der Waals surface area contributed by atoms with E-state index in [4.69, 9.17) is 19.4 Å². The predicted octanol–water partition coefficient (Wildman–Crippen LogP) is 12.4. The van der Waals surface area contributed by atoms with E-state index in [1.807, 2.05) is 30.3 Å². The lowest BCUT2D eigenvalue weighted by molar-refractivity contribution is 0.669. The maximum Gasteiger partial charge on any atom is 0.164 e. The SMILES string of the molecule is c1ccc(-c2nc(-c3ccc4c5c(cccc35)-c3ccccc3-4)nc(-c3cccc4oc5ccc(-c6ccc7ccccc7c6)cc5c34)n2)cc1. The Morgan fingerprint density at radius 1 is 0.314 bits per heavy atom. The van der Waals surface area contributed by atoms with E-state index in [1.54, 1.807) is 0 Å². The molecule has 0 radical (unpaired) electrons. The Kier molecular flexibility index (Phi) is 5.92. The van der Waals surface area contributed by atoms with Gasteiger partial charge in [-0.25, -0.2) is 15.0 Å². The van der Waals surface area contributed by atoms with Crippen molar-refractivity contribution in [3.8, 4) is 67.5 Å². The van der Waals surface area contributed by atoms with Crippen LogP contribution in [-0.4, -0.2) is 15.0 Å². The molecular formula is C47H27N3O. The Bertz CT molecular complexity index is 3000. The second-order valence-corrected chi connectivity index (χ2v) is 13.2. The number of nitrogens with zero attached hydrogens (tertiary/aromatic N) is 3. The van der Waals surface area contributed by atoms with E-state index in [0.717, 1.165) is 55.1 Å². The minimum absolute atomic E-state index is 0.606. The molecule has 0 saturated heterocycles. The van der Waals surface area contributed by atoms with Crippen molar-refractivity contribution < 1.29 is 4.42 Å². The van der Waals surface area contributed by atoms with E-state index in [-0.39, 0.29) is 0 Å². The van der Waals surface area contributed by atoms with Gasteiger partial charge < -0.3 is 4.42 Å². The van der Waals surface area contributed by atoms with Crippen LogP contribution in [0.25, 0.3) is 111 Å². The Labute approximate surface area is 293 Å². The Morgan fingerprint density at radius 2 is 0.941 bits per heavy atom. The molecule has 10 aromatic rings. The molecule has 1 aliphatic rings. The number of aromatic nitrogens is 3. The van der Waals surface area contributed by atoms with Crippen molar-refractivity contribution in [1.29, 1.82) is 0 Å². The average Bonchev–Trinajstić information content (AvgIpc) is 3.74. The summed E-state index contributed by atoms with van der Waals surface area (Å²) < 4.78 is 6.46. The highest BCUT2D eigenvalue weighted by atomic mass is 16.3. The number of hydrogen-bond donors (Lipinski definition) is 0. The van der Waals surface area contributed by atoms with E-state index in [2.05, 4.69) is 133 Å². The third-order valence-electron chi connectivity index (χ3n) is 10.3. The number of benzene rings is 8. The Hall–Kier alpha value is -6.91. The molecule has 11 rings (SSSR count). The first-order valence-corrected chi connectivity index (χ1v) is 17.2. The van der Waals surface area contributed by atoms with E-state index >= 15 is 0 Å². The molecule has 0 saturated carbocycles. The molecule has 1 aliphatic carbocycles. The van der Waals surface area contributed by atoms with Gasteiger partial charge in [0.25, 0.3) is 0 Å². The Balaban J connectivity index is 1.14. The van der Waals surface area contributed by atoms with Gasteiger partial charge in [-0.15, -0.1) is 0 Å². The standard InChI is InChI=1S/C47H27N3O/c1-2-11-29(12-3-1)45-48-46(38-24-23-37-34-15-7-6-14-33(34)35-16-8-17-36(38)43(35)37)50-47(49-45)39-18-9-19-42-44(39)40-27-32(22-25-41(40)51-42)31-21-20-28-10-4-5-13-30(28)26-31/h1-27H. The number of rotatable bonds is 4. The van der Waals surface area contributed by atoms with Gasteiger partial charge >= 0.3 is 0 Å². The molecule has 0 spiro atoms. The second kappa shape index (κ2) is 10.8. The summed E-state index contributed by atoms with van der Waals surface area (Å²) in [6, 6.07) is 57.4. The number of hydrogen-bond acceptors (Lipinski definition) is 4. The summed E-state index contributed by atoms with van der Waals surface area (Å²) >= 11 is 0. The molecule has 0 fully saturated rings. The van der Waals surface area contributed by atoms with Crippen molar-refractivity contribution in [2.24, 2.45) is 0 Å². The van der Waals surface area contributed by atoms with Crippen molar-refractivity contribution in [2.75, 3.05) is 0 Å². The van der Waals surface area contributed by atoms with Crippen molar-refractivity contribution in [1.82, 2.24) is 15.0 Å². The molecule has 2 aromatic heterocycles. The molecule has 4 nitrogen and oxygen atoms in total. The molecule has 0 atom stereocenters. The number of furan rings is 1. The smallest absolute Gasteiger partial charge is 0.164 e. The quantitative estimate of drug-likeness (QED) is 0.190. The van der Waals surface area contributed by atoms with Gasteiger partial charge in [0.2, 0.25) is 0 Å². The molecule has 0 amide bonds. The van der Waals surface area contributed by atoms with Crippen LogP contribution < -0.4 is 0 Å². The minimum Gasteiger partial charge on any atom is -0.456 e. The largest absolute Gasteiger partial charge is 0.456 e. The maximum absolute atomic E-state index is 6.46. The van der Waals surface area contributed by atoms with Crippen LogP contribution >= 0.6 is 0 Å². The van der Waals surface area contributed by atoms with Crippen molar-refractivity contribution in [3.05, 3.63) is 164 Å². The zero-order valence-electron chi connectivity index (χ0n) is 27.3. The highest BCUT2D eigenvalue weighted by Crippen LogP contribution is 2.49. The number of fused-ring (bicyclic) bond motifs is 7. The summed E-state index contributed by atoms with van der Waals surface area (Å²) in [5, 5.41) is 6.82. The van der Waals surface area contributed by atoms with Crippen molar-refractivity contribution >= 4 is 43.5 Å². The van der Waals surface area contributed by atoms with Gasteiger partial charge in [-0.3, -0.25) is 0 Å². The van der Waals surface area contributed by atoms with E-state index in [1.165, 1.54) is 38.4 Å². The van der Waals surface area contributed by atoms with Crippen LogP contribution in [0, 0.1) is 0 Å².